The van der Waals surface area contributed by atoms with E-state index < -0.39 is 0 Å². The van der Waals surface area contributed by atoms with E-state index in [-0.39, 0.29) is 6.10 Å². The minimum atomic E-state index is 0.200. The molecule has 1 aromatic rings. The molecule has 0 aromatic heterocycles. The van der Waals surface area contributed by atoms with Gasteiger partial charge in [0.25, 0.3) is 0 Å². The third-order valence-electron chi connectivity index (χ3n) is 4.46. The molecule has 1 unspecified atom stereocenters. The normalized spacial score (nSPS) is 23.6. The van der Waals surface area contributed by atoms with Crippen LogP contribution in [0.2, 0.25) is 0 Å². The molecule has 1 saturated heterocycles. The first kappa shape index (κ1) is 13.6. The van der Waals surface area contributed by atoms with Gasteiger partial charge < -0.3 is 10.1 Å². The van der Waals surface area contributed by atoms with Crippen LogP contribution in [-0.4, -0.2) is 19.7 Å². The maximum absolute atomic E-state index is 6.21. The fraction of sp³-hybridized carbons (Fsp3) is 0.625. The van der Waals surface area contributed by atoms with Crippen molar-refractivity contribution in [1.29, 1.82) is 0 Å². The number of nitrogens with one attached hydrogen (secondary N) is 1. The highest BCUT2D eigenvalue weighted by atomic mass is 16.5. The minimum absolute atomic E-state index is 0.200. The van der Waals surface area contributed by atoms with Crippen LogP contribution in [0.3, 0.4) is 0 Å². The number of rotatable bonds is 3. The Balaban J connectivity index is 2.12. The smallest absolute Gasteiger partial charge is 0.0952 e. The minimum Gasteiger partial charge on any atom is -0.372 e. The molecule has 1 N–H and O–H groups in total. The Morgan fingerprint density at radius 1 is 1.28 bits per heavy atom. The molecule has 0 amide bonds. The van der Waals surface area contributed by atoms with E-state index in [1.165, 1.54) is 24.0 Å². The largest absolute Gasteiger partial charge is 0.372 e. The highest BCUT2D eigenvalue weighted by Crippen LogP contribution is 2.32. The Morgan fingerprint density at radius 2 is 2.00 bits per heavy atom. The van der Waals surface area contributed by atoms with Gasteiger partial charge >= 0.3 is 0 Å². The number of benzene rings is 1. The lowest BCUT2D eigenvalue weighted by molar-refractivity contribution is 0.0100. The summed E-state index contributed by atoms with van der Waals surface area (Å²) >= 11 is 0. The molecule has 1 aliphatic rings. The molecule has 1 heterocycles. The second-order valence-electron chi connectivity index (χ2n) is 5.49. The second kappa shape index (κ2) is 5.85. The van der Waals surface area contributed by atoms with Gasteiger partial charge in [0, 0.05) is 18.5 Å². The van der Waals surface area contributed by atoms with Crippen molar-refractivity contribution in [2.24, 2.45) is 5.41 Å². The van der Waals surface area contributed by atoms with Crippen molar-refractivity contribution in [1.82, 2.24) is 5.32 Å². The fourth-order valence-electron chi connectivity index (χ4n) is 2.71. The van der Waals surface area contributed by atoms with Crippen LogP contribution in [0.5, 0.6) is 0 Å². The summed E-state index contributed by atoms with van der Waals surface area (Å²) in [5, 5.41) is 3.59. The van der Waals surface area contributed by atoms with E-state index in [4.69, 9.17) is 4.74 Å². The topological polar surface area (TPSA) is 21.3 Å². The van der Waals surface area contributed by atoms with Gasteiger partial charge in [0.15, 0.2) is 0 Å². The molecule has 1 atom stereocenters. The Kier molecular flexibility index (Phi) is 4.41. The lowest BCUT2D eigenvalue weighted by Crippen LogP contribution is -2.34. The van der Waals surface area contributed by atoms with Crippen LogP contribution in [0.1, 0.15) is 43.9 Å². The number of ether oxygens (including phenoxy) is 1. The summed E-state index contributed by atoms with van der Waals surface area (Å²) in [6.07, 6.45) is 2.56. The van der Waals surface area contributed by atoms with Gasteiger partial charge in [-0.05, 0) is 30.9 Å². The fourth-order valence-corrected chi connectivity index (χ4v) is 2.71. The van der Waals surface area contributed by atoms with Crippen molar-refractivity contribution in [3.05, 3.63) is 35.4 Å². The van der Waals surface area contributed by atoms with E-state index in [9.17, 15) is 0 Å². The molecule has 1 fully saturated rings. The third kappa shape index (κ3) is 2.76. The Bertz CT molecular complexity index is 384. The van der Waals surface area contributed by atoms with Gasteiger partial charge in [-0.15, -0.1) is 0 Å². The van der Waals surface area contributed by atoms with Crippen LogP contribution in [0.25, 0.3) is 0 Å². The Morgan fingerprint density at radius 3 is 2.67 bits per heavy atom. The average molecular weight is 247 g/mol. The zero-order chi connectivity index (χ0) is 13.0. The molecule has 0 bridgehead atoms. The molecular formula is C16H25NO. The van der Waals surface area contributed by atoms with Crippen LogP contribution in [-0.2, 0) is 4.74 Å². The SMILES string of the molecule is CCC1(CC)CNCC(c2ccccc2C)OC1. The summed E-state index contributed by atoms with van der Waals surface area (Å²) in [5.41, 5.74) is 2.97. The molecule has 0 radical (unpaired) electrons. The molecule has 0 saturated carbocycles. The third-order valence-corrected chi connectivity index (χ3v) is 4.46. The van der Waals surface area contributed by atoms with Crippen molar-refractivity contribution in [2.75, 3.05) is 19.7 Å². The zero-order valence-electron chi connectivity index (χ0n) is 11.8. The second-order valence-corrected chi connectivity index (χ2v) is 5.49. The van der Waals surface area contributed by atoms with E-state index in [0.717, 1.165) is 19.7 Å². The van der Waals surface area contributed by atoms with Gasteiger partial charge in [-0.1, -0.05) is 38.1 Å². The first-order chi connectivity index (χ1) is 8.71. The summed E-state index contributed by atoms with van der Waals surface area (Å²) in [4.78, 5) is 0. The van der Waals surface area contributed by atoms with Crippen LogP contribution in [0, 0.1) is 12.3 Å². The molecular weight excluding hydrogens is 222 g/mol. The summed E-state index contributed by atoms with van der Waals surface area (Å²) in [5.74, 6) is 0. The van der Waals surface area contributed by atoms with Crippen LogP contribution in [0.15, 0.2) is 24.3 Å². The first-order valence-corrected chi connectivity index (χ1v) is 7.08. The van der Waals surface area contributed by atoms with Gasteiger partial charge in [0.1, 0.15) is 0 Å². The molecule has 1 aliphatic heterocycles. The van der Waals surface area contributed by atoms with Crippen molar-refractivity contribution in [2.45, 2.75) is 39.7 Å². The van der Waals surface area contributed by atoms with Gasteiger partial charge in [0.05, 0.1) is 12.7 Å². The molecule has 100 valence electrons. The molecule has 2 rings (SSSR count). The molecule has 2 heteroatoms. The van der Waals surface area contributed by atoms with E-state index >= 15 is 0 Å². The quantitative estimate of drug-likeness (QED) is 0.883. The number of hydrogen-bond donors (Lipinski definition) is 1. The number of aryl methyl sites for hydroxylation is 1. The predicted molar refractivity (Wildman–Crippen MR) is 75.8 cm³/mol. The monoisotopic (exact) mass is 247 g/mol. The summed E-state index contributed by atoms with van der Waals surface area (Å²) in [7, 11) is 0. The predicted octanol–water partition coefficient (Wildman–Crippen LogP) is 3.46. The van der Waals surface area contributed by atoms with E-state index in [1.807, 2.05) is 0 Å². The maximum atomic E-state index is 6.21. The first-order valence-electron chi connectivity index (χ1n) is 7.08. The van der Waals surface area contributed by atoms with Gasteiger partial charge in [-0.2, -0.15) is 0 Å². The van der Waals surface area contributed by atoms with Crippen LogP contribution < -0.4 is 5.32 Å². The van der Waals surface area contributed by atoms with Crippen molar-refractivity contribution < 1.29 is 4.74 Å². The molecule has 1 aromatic carbocycles. The summed E-state index contributed by atoms with van der Waals surface area (Å²) in [6.45, 7) is 9.56. The molecule has 0 aliphatic carbocycles. The standard InChI is InChI=1S/C16H25NO/c1-4-16(5-2)11-17-10-15(18-12-16)14-9-7-6-8-13(14)3/h6-9,15,17H,4-5,10-12H2,1-3H3. The highest BCUT2D eigenvalue weighted by molar-refractivity contribution is 5.28. The average Bonchev–Trinajstić information content (AvgIpc) is 2.62. The molecule has 2 nitrogen and oxygen atoms in total. The molecule has 18 heavy (non-hydrogen) atoms. The molecule has 0 spiro atoms. The van der Waals surface area contributed by atoms with Crippen molar-refractivity contribution in [3.8, 4) is 0 Å². The van der Waals surface area contributed by atoms with Gasteiger partial charge in [0.2, 0.25) is 0 Å². The van der Waals surface area contributed by atoms with Crippen molar-refractivity contribution >= 4 is 0 Å². The lowest BCUT2D eigenvalue weighted by Gasteiger charge is -2.29. The van der Waals surface area contributed by atoms with E-state index in [1.54, 1.807) is 0 Å². The Hall–Kier alpha value is -0.860. The van der Waals surface area contributed by atoms with E-state index in [2.05, 4.69) is 50.4 Å². The Labute approximate surface area is 111 Å². The zero-order valence-corrected chi connectivity index (χ0v) is 11.8. The maximum Gasteiger partial charge on any atom is 0.0952 e. The van der Waals surface area contributed by atoms with Crippen LogP contribution in [0.4, 0.5) is 0 Å². The van der Waals surface area contributed by atoms with Gasteiger partial charge in [-0.25, -0.2) is 0 Å². The highest BCUT2D eigenvalue weighted by Gasteiger charge is 2.31. The summed E-state index contributed by atoms with van der Waals surface area (Å²) in [6, 6.07) is 8.54. The van der Waals surface area contributed by atoms with Gasteiger partial charge in [-0.3, -0.25) is 0 Å². The van der Waals surface area contributed by atoms with Crippen molar-refractivity contribution in [3.63, 3.8) is 0 Å². The summed E-state index contributed by atoms with van der Waals surface area (Å²) < 4.78 is 6.21. The lowest BCUT2D eigenvalue weighted by atomic mass is 9.83. The van der Waals surface area contributed by atoms with Crippen LogP contribution >= 0.6 is 0 Å². The van der Waals surface area contributed by atoms with E-state index in [0.29, 0.717) is 5.41 Å². The number of hydrogen-bond acceptors (Lipinski definition) is 2.